The van der Waals surface area contributed by atoms with Gasteiger partial charge in [-0.2, -0.15) is 0 Å². The van der Waals surface area contributed by atoms with Gasteiger partial charge in [0, 0.05) is 11.4 Å². The molecule has 2 aromatic rings. The van der Waals surface area contributed by atoms with Gasteiger partial charge in [0.1, 0.15) is 10.7 Å². The number of nitrogen functional groups attached to an aromatic ring is 1. The molecule has 21 heavy (non-hydrogen) atoms. The average Bonchev–Trinajstić information content (AvgIpc) is 2.41. The Morgan fingerprint density at radius 2 is 1.86 bits per heavy atom. The molecular weight excluding hydrogens is 291 g/mol. The summed E-state index contributed by atoms with van der Waals surface area (Å²) in [5.41, 5.74) is 7.09. The second-order valence-electron chi connectivity index (χ2n) is 5.08. The predicted molar refractivity (Wildman–Crippen MR) is 82.2 cm³/mol. The number of rotatable bonds is 4. The van der Waals surface area contributed by atoms with Crippen LogP contribution >= 0.6 is 0 Å². The van der Waals surface area contributed by atoms with E-state index >= 15 is 0 Å². The predicted octanol–water partition coefficient (Wildman–Crippen LogP) is 3.33. The van der Waals surface area contributed by atoms with E-state index in [2.05, 4.69) is 4.72 Å². The fraction of sp³-hybridized carbons (Fsp3) is 0.200. The lowest BCUT2D eigenvalue weighted by molar-refractivity contribution is 0.570. The van der Waals surface area contributed by atoms with Crippen molar-refractivity contribution in [1.82, 2.24) is 0 Å². The molecule has 2 aromatic carbocycles. The standard InChI is InChI=1S/C15H17FN2O2S/c1-10(2)11-4-3-5-13(8-11)18-21(19,20)15-9-12(17)6-7-14(15)16/h3-10,18H,17H2,1-2H3. The lowest BCUT2D eigenvalue weighted by Gasteiger charge is -2.12. The molecule has 4 nitrogen and oxygen atoms in total. The zero-order valence-electron chi connectivity index (χ0n) is 11.8. The molecule has 0 atom stereocenters. The molecule has 0 aliphatic heterocycles. The molecule has 0 unspecified atom stereocenters. The van der Waals surface area contributed by atoms with Crippen molar-refractivity contribution in [2.75, 3.05) is 10.5 Å². The Bertz CT molecular complexity index is 758. The largest absolute Gasteiger partial charge is 0.399 e. The molecule has 0 aliphatic carbocycles. The highest BCUT2D eigenvalue weighted by Gasteiger charge is 2.19. The fourth-order valence-corrected chi connectivity index (χ4v) is 3.06. The molecule has 0 amide bonds. The molecule has 0 spiro atoms. The van der Waals surface area contributed by atoms with E-state index in [1.54, 1.807) is 18.2 Å². The Balaban J connectivity index is 2.37. The summed E-state index contributed by atoms with van der Waals surface area (Å²) >= 11 is 0. The lowest BCUT2D eigenvalue weighted by Crippen LogP contribution is -2.15. The van der Waals surface area contributed by atoms with Gasteiger partial charge in [0.2, 0.25) is 0 Å². The fourth-order valence-electron chi connectivity index (χ4n) is 1.90. The van der Waals surface area contributed by atoms with Gasteiger partial charge in [-0.15, -0.1) is 0 Å². The summed E-state index contributed by atoms with van der Waals surface area (Å²) < 4.78 is 40.6. The van der Waals surface area contributed by atoms with Gasteiger partial charge >= 0.3 is 0 Å². The van der Waals surface area contributed by atoms with Crippen LogP contribution in [-0.4, -0.2) is 8.42 Å². The quantitative estimate of drug-likeness (QED) is 0.851. The van der Waals surface area contributed by atoms with Gasteiger partial charge in [0.15, 0.2) is 0 Å². The van der Waals surface area contributed by atoms with Crippen LogP contribution in [-0.2, 0) is 10.0 Å². The lowest BCUT2D eigenvalue weighted by atomic mass is 10.0. The smallest absolute Gasteiger partial charge is 0.264 e. The van der Waals surface area contributed by atoms with Gasteiger partial charge < -0.3 is 5.73 Å². The highest BCUT2D eigenvalue weighted by Crippen LogP contribution is 2.23. The molecular formula is C15H17FN2O2S. The van der Waals surface area contributed by atoms with E-state index in [1.165, 1.54) is 6.07 Å². The highest BCUT2D eigenvalue weighted by molar-refractivity contribution is 7.92. The molecule has 3 N–H and O–H groups in total. The van der Waals surface area contributed by atoms with Crippen molar-refractivity contribution in [2.45, 2.75) is 24.7 Å². The third-order valence-corrected chi connectivity index (χ3v) is 4.45. The number of nitrogens with two attached hydrogens (primary N) is 1. The molecule has 0 saturated heterocycles. The van der Waals surface area contributed by atoms with E-state index in [0.29, 0.717) is 5.69 Å². The molecule has 0 aromatic heterocycles. The van der Waals surface area contributed by atoms with E-state index in [4.69, 9.17) is 5.73 Å². The summed E-state index contributed by atoms with van der Waals surface area (Å²) in [5.74, 6) is -0.574. The van der Waals surface area contributed by atoms with Crippen LogP contribution < -0.4 is 10.5 Å². The summed E-state index contributed by atoms with van der Waals surface area (Å²) in [4.78, 5) is -0.461. The Morgan fingerprint density at radius 3 is 2.52 bits per heavy atom. The minimum atomic E-state index is -4.01. The molecule has 2 rings (SSSR count). The van der Waals surface area contributed by atoms with E-state index in [1.807, 2.05) is 19.9 Å². The van der Waals surface area contributed by atoms with Crippen molar-refractivity contribution in [1.29, 1.82) is 0 Å². The van der Waals surface area contributed by atoms with Gasteiger partial charge in [-0.1, -0.05) is 26.0 Å². The molecule has 6 heteroatoms. The Morgan fingerprint density at radius 1 is 1.14 bits per heavy atom. The van der Waals surface area contributed by atoms with Gasteiger partial charge in [-0.3, -0.25) is 4.72 Å². The van der Waals surface area contributed by atoms with Crippen molar-refractivity contribution >= 4 is 21.4 Å². The van der Waals surface area contributed by atoms with E-state index < -0.39 is 20.7 Å². The Hall–Kier alpha value is -2.08. The number of benzene rings is 2. The first-order chi connectivity index (χ1) is 9.79. The molecule has 0 saturated carbocycles. The van der Waals surface area contributed by atoms with Crippen molar-refractivity contribution < 1.29 is 12.8 Å². The minimum Gasteiger partial charge on any atom is -0.399 e. The summed E-state index contributed by atoms with van der Waals surface area (Å²) in [5, 5.41) is 0. The molecule has 0 heterocycles. The Labute approximate surface area is 123 Å². The minimum absolute atomic E-state index is 0.188. The topological polar surface area (TPSA) is 72.2 Å². The highest BCUT2D eigenvalue weighted by atomic mass is 32.2. The van der Waals surface area contributed by atoms with Crippen LogP contribution in [0, 0.1) is 5.82 Å². The summed E-state index contributed by atoms with van der Waals surface area (Å²) in [7, 11) is -4.01. The van der Waals surface area contributed by atoms with Crippen LogP contribution in [0.2, 0.25) is 0 Å². The van der Waals surface area contributed by atoms with Crippen LogP contribution in [0.15, 0.2) is 47.4 Å². The van der Waals surface area contributed by atoms with E-state index in [9.17, 15) is 12.8 Å². The summed E-state index contributed by atoms with van der Waals surface area (Å²) in [6, 6.07) is 10.5. The second-order valence-corrected chi connectivity index (χ2v) is 6.73. The number of halogens is 1. The first-order valence-electron chi connectivity index (χ1n) is 6.47. The zero-order chi connectivity index (χ0) is 15.6. The molecule has 0 bridgehead atoms. The number of sulfonamides is 1. The monoisotopic (exact) mass is 308 g/mol. The van der Waals surface area contributed by atoms with Gasteiger partial charge in [-0.25, -0.2) is 12.8 Å². The van der Waals surface area contributed by atoms with Crippen LogP contribution in [0.4, 0.5) is 15.8 Å². The first kappa shape index (κ1) is 15.3. The number of hydrogen-bond donors (Lipinski definition) is 2. The zero-order valence-corrected chi connectivity index (χ0v) is 12.6. The second kappa shape index (κ2) is 5.73. The van der Waals surface area contributed by atoms with Crippen molar-refractivity contribution in [2.24, 2.45) is 0 Å². The van der Waals surface area contributed by atoms with E-state index in [-0.39, 0.29) is 11.6 Å². The maximum Gasteiger partial charge on any atom is 0.264 e. The molecule has 0 aliphatic rings. The molecule has 112 valence electrons. The Kier molecular flexibility index (Phi) is 4.18. The number of hydrogen-bond acceptors (Lipinski definition) is 3. The average molecular weight is 308 g/mol. The van der Waals surface area contributed by atoms with Crippen LogP contribution in [0.5, 0.6) is 0 Å². The maximum atomic E-state index is 13.7. The van der Waals surface area contributed by atoms with Crippen molar-refractivity contribution in [3.05, 3.63) is 53.8 Å². The molecule has 0 radical (unpaired) electrons. The SMILES string of the molecule is CC(C)c1cccc(NS(=O)(=O)c2cc(N)ccc2F)c1. The van der Waals surface area contributed by atoms with Crippen LogP contribution in [0.1, 0.15) is 25.3 Å². The van der Waals surface area contributed by atoms with Gasteiger partial charge in [0.05, 0.1) is 0 Å². The van der Waals surface area contributed by atoms with Crippen molar-refractivity contribution in [3.63, 3.8) is 0 Å². The number of anilines is 2. The third kappa shape index (κ3) is 3.52. The van der Waals surface area contributed by atoms with Crippen molar-refractivity contribution in [3.8, 4) is 0 Å². The maximum absolute atomic E-state index is 13.7. The van der Waals surface area contributed by atoms with Crippen LogP contribution in [0.3, 0.4) is 0 Å². The normalized spacial score (nSPS) is 11.6. The van der Waals surface area contributed by atoms with Crippen LogP contribution in [0.25, 0.3) is 0 Å². The summed E-state index contributed by atoms with van der Waals surface area (Å²) in [6.45, 7) is 4.01. The van der Waals surface area contributed by atoms with Gasteiger partial charge in [0.25, 0.3) is 10.0 Å². The summed E-state index contributed by atoms with van der Waals surface area (Å²) in [6.07, 6.45) is 0. The third-order valence-electron chi connectivity index (χ3n) is 3.05. The van der Waals surface area contributed by atoms with E-state index in [0.717, 1.165) is 17.7 Å². The number of nitrogens with one attached hydrogen (secondary N) is 1. The molecule has 0 fully saturated rings. The first-order valence-corrected chi connectivity index (χ1v) is 7.96. The van der Waals surface area contributed by atoms with Gasteiger partial charge in [-0.05, 0) is 41.8 Å².